The van der Waals surface area contributed by atoms with E-state index in [1.165, 1.54) is 5.56 Å². The van der Waals surface area contributed by atoms with Gasteiger partial charge in [-0.2, -0.15) is 26.3 Å². The number of aromatic amines is 4. The van der Waals surface area contributed by atoms with Gasteiger partial charge in [-0.05, 0) is 98.8 Å². The summed E-state index contributed by atoms with van der Waals surface area (Å²) in [4.78, 5) is 77.1. The first-order valence-corrected chi connectivity index (χ1v) is 34.5. The Morgan fingerprint density at radius 3 is 1.06 bits per heavy atom. The maximum absolute atomic E-state index is 14.4. The molecule has 16 rings (SSSR count). The molecule has 8 aromatic carbocycles. The van der Waals surface area contributed by atoms with Gasteiger partial charge in [0.1, 0.15) is 11.6 Å². The third-order valence-electron chi connectivity index (χ3n) is 18.1. The van der Waals surface area contributed by atoms with Gasteiger partial charge in [-0.15, -0.1) is 0 Å². The van der Waals surface area contributed by atoms with Crippen molar-refractivity contribution in [2.24, 2.45) is 20.0 Å². The number of fused-ring (bicyclic) bond motifs is 4. The summed E-state index contributed by atoms with van der Waals surface area (Å²) in [7, 11) is 0. The van der Waals surface area contributed by atoms with E-state index in [2.05, 4.69) is 46.8 Å². The highest BCUT2D eigenvalue weighted by molar-refractivity contribution is 6.57. The summed E-state index contributed by atoms with van der Waals surface area (Å²) >= 11 is 30.9. The van der Waals surface area contributed by atoms with E-state index in [0.29, 0.717) is 69.0 Å². The lowest BCUT2D eigenvalue weighted by molar-refractivity contribution is -0.138. The van der Waals surface area contributed by atoms with Crippen LogP contribution >= 0.6 is 58.0 Å². The first kappa shape index (κ1) is 75.6. The van der Waals surface area contributed by atoms with E-state index in [-0.39, 0.29) is 89.1 Å². The van der Waals surface area contributed by atoms with Crippen molar-refractivity contribution in [3.63, 3.8) is 0 Å². The molecule has 0 spiro atoms. The van der Waals surface area contributed by atoms with Gasteiger partial charge in [0.05, 0.1) is 126 Å². The second kappa shape index (κ2) is 29.1. The second-order valence-corrected chi connectivity index (χ2v) is 27.2. The van der Waals surface area contributed by atoms with E-state index in [4.69, 9.17) is 58.0 Å². The molecule has 0 unspecified atom stereocenters. The number of aliphatic imine (C=N–C) groups is 4. The lowest BCUT2D eigenvalue weighted by atomic mass is 9.98. The molecule has 0 saturated carbocycles. The fraction of sp³-hybridized carbons (Fsp3) is 0.100. The standard InChI is InChI=1S/C21H18N2O2.C20H8F8N2O2.C20H16N2O2.C19H9Cl5N2O2/c1-3-13-7-9-14(10-8-13)18-16-17(21(25)22-18)19(23-20(16)24)15-6-4-5-12(2)11-15;21-11-5-7(19(23,24)25)1-3-9(11)15-13-14(18(32)29-15)16(30-17(13)31)10-4-2-8(6-12(10)22)20(26,27)28;1-11-3-7-13(8-4-11)17-15-16(20(24)21-17)18(22-19(15)23)14-9-5-12(2)6-10-14;1-6-2-4-7(5-3-6)16-8-9(19(28)25-16)17(26-18(8)27)10-11(20)13(22)15(24)14(23)12(10)21/h4-11,23-24H,3H2,1-2H3;1-6,29,32H;3-10,21,24H,1-2H3;2-5,25,28H,1H3. The Kier molecular flexibility index (Phi) is 20.2. The fourth-order valence-corrected chi connectivity index (χ4v) is 14.0. The van der Waals surface area contributed by atoms with Crippen LogP contribution in [-0.2, 0) is 18.8 Å². The van der Waals surface area contributed by atoms with E-state index in [9.17, 15) is 74.7 Å². The lowest BCUT2D eigenvalue weighted by Crippen LogP contribution is -2.09. The third-order valence-corrected chi connectivity index (χ3v) is 20.4. The topological polar surface area (TPSA) is 262 Å². The Morgan fingerprint density at radius 1 is 0.339 bits per heavy atom. The van der Waals surface area contributed by atoms with Crippen LogP contribution in [0.4, 0.5) is 35.1 Å². The molecule has 12 aromatic rings. The van der Waals surface area contributed by atoms with Crippen molar-refractivity contribution in [2.75, 3.05) is 0 Å². The normalized spacial score (nSPS) is 13.3. The maximum Gasteiger partial charge on any atom is 0.416 e. The maximum atomic E-state index is 14.4. The summed E-state index contributed by atoms with van der Waals surface area (Å²) in [6.07, 6.45) is -8.71. The summed E-state index contributed by atoms with van der Waals surface area (Å²) in [5.41, 5.74) is 9.41. The summed E-state index contributed by atoms with van der Waals surface area (Å²) in [6, 6.07) is 41.7. The number of halogens is 13. The van der Waals surface area contributed by atoms with E-state index in [1.807, 2.05) is 149 Å². The van der Waals surface area contributed by atoms with Crippen molar-refractivity contribution in [3.8, 4) is 68.5 Å². The van der Waals surface area contributed by atoms with Crippen molar-refractivity contribution < 1.29 is 74.7 Å². The molecule has 550 valence electrons. The number of nitrogens with one attached hydrogen (secondary N) is 4. The Balaban J connectivity index is 0.000000129. The van der Waals surface area contributed by atoms with Crippen LogP contribution in [0.15, 0.2) is 178 Å². The van der Waals surface area contributed by atoms with Crippen LogP contribution in [-0.4, -0.2) is 86.8 Å². The van der Waals surface area contributed by atoms with Gasteiger partial charge in [0.25, 0.3) is 23.6 Å². The number of H-pyrrole nitrogens is 4. The van der Waals surface area contributed by atoms with Gasteiger partial charge in [0.2, 0.25) is 0 Å². The van der Waals surface area contributed by atoms with Gasteiger partial charge >= 0.3 is 12.4 Å². The highest BCUT2D eigenvalue weighted by atomic mass is 35.5. The number of amides is 4. The summed E-state index contributed by atoms with van der Waals surface area (Å²) in [5.74, 6) is -6.13. The van der Waals surface area contributed by atoms with E-state index >= 15 is 0 Å². The zero-order valence-corrected chi connectivity index (χ0v) is 60.6. The second-order valence-electron chi connectivity index (χ2n) is 25.3. The molecule has 0 bridgehead atoms. The Hall–Kier alpha value is -11.7. The number of alkyl halides is 6. The van der Waals surface area contributed by atoms with Gasteiger partial charge in [0.15, 0.2) is 23.5 Å². The minimum absolute atomic E-state index is 0.00846. The van der Waals surface area contributed by atoms with E-state index in [1.54, 1.807) is 0 Å². The van der Waals surface area contributed by atoms with Crippen LogP contribution in [0.5, 0.6) is 23.5 Å². The molecule has 8 heterocycles. The van der Waals surface area contributed by atoms with E-state index in [0.717, 1.165) is 62.6 Å². The molecule has 4 amide bonds. The SMILES string of the molecule is CCc1ccc(C2=NC(=O)c3c(-c4cccc(C)c4)[nH]c(O)c32)cc1.Cc1ccc(-c2[nH]c(O)c3c2C(=O)N=C3c2c(Cl)c(Cl)c(Cl)c(Cl)c2Cl)cc1.Cc1ccc(C2=NC(=O)c3c(-c4ccc(C)cc4)[nH]c(O)c32)cc1.O=C1N=C(c2ccc(C(F)(F)F)cc2F)c2c(O)[nH]c(-c3ccc(C(F)(F)F)cc3F)c21. The monoisotopic (exact) mass is 1580 g/mol. The molecule has 0 saturated heterocycles. The molecule has 4 aliphatic rings. The van der Waals surface area contributed by atoms with Crippen molar-refractivity contribution >= 4 is 104 Å². The summed E-state index contributed by atoms with van der Waals surface area (Å²) in [5, 5.41) is 41.5. The molecule has 0 atom stereocenters. The first-order valence-electron chi connectivity index (χ1n) is 32.6. The highest BCUT2D eigenvalue weighted by Gasteiger charge is 2.41. The average molecular weight is 1580 g/mol. The molecule has 16 nitrogen and oxygen atoms in total. The Morgan fingerprint density at radius 2 is 0.670 bits per heavy atom. The third kappa shape index (κ3) is 14.1. The molecular formula is C80H51Cl5F8N8O8. The van der Waals surface area contributed by atoms with Crippen LogP contribution in [0.1, 0.15) is 132 Å². The number of hydrogen-bond acceptors (Lipinski definition) is 8. The van der Waals surface area contributed by atoms with Gasteiger partial charge in [0, 0.05) is 27.8 Å². The van der Waals surface area contributed by atoms with Crippen molar-refractivity contribution in [3.05, 3.63) is 300 Å². The number of benzene rings is 8. The van der Waals surface area contributed by atoms with Crippen LogP contribution in [0.3, 0.4) is 0 Å². The first-order chi connectivity index (χ1) is 51.6. The molecule has 29 heteroatoms. The number of rotatable bonds is 9. The van der Waals surface area contributed by atoms with Gasteiger partial charge in [-0.1, -0.05) is 202 Å². The fourth-order valence-electron chi connectivity index (χ4n) is 12.7. The number of carbonyl (C=O) groups is 4. The Bertz CT molecular complexity index is 5930. The number of aryl methyl sites for hydroxylation is 5. The molecule has 0 fully saturated rings. The van der Waals surface area contributed by atoms with Gasteiger partial charge in [-0.3, -0.25) is 19.2 Å². The van der Waals surface area contributed by atoms with Gasteiger partial charge in [-0.25, -0.2) is 28.8 Å². The Labute approximate surface area is 637 Å². The summed E-state index contributed by atoms with van der Waals surface area (Å²) in [6.45, 7) is 10.0. The molecule has 4 aromatic heterocycles. The van der Waals surface area contributed by atoms with Crippen LogP contribution < -0.4 is 0 Å². The number of aromatic nitrogens is 4. The zero-order chi connectivity index (χ0) is 78.3. The highest BCUT2D eigenvalue weighted by Crippen LogP contribution is 2.49. The largest absolute Gasteiger partial charge is 0.494 e. The predicted molar refractivity (Wildman–Crippen MR) is 401 cm³/mol. The van der Waals surface area contributed by atoms with Crippen LogP contribution in [0, 0.1) is 39.3 Å². The van der Waals surface area contributed by atoms with E-state index < -0.39 is 86.5 Å². The van der Waals surface area contributed by atoms with Gasteiger partial charge < -0.3 is 40.4 Å². The molecule has 109 heavy (non-hydrogen) atoms. The van der Waals surface area contributed by atoms with Crippen molar-refractivity contribution in [2.45, 2.75) is 53.4 Å². The minimum Gasteiger partial charge on any atom is -0.494 e. The van der Waals surface area contributed by atoms with Crippen molar-refractivity contribution in [1.82, 2.24) is 19.9 Å². The molecule has 0 aliphatic carbocycles. The number of aromatic hydroxyl groups is 4. The van der Waals surface area contributed by atoms with Crippen molar-refractivity contribution in [1.29, 1.82) is 0 Å². The minimum atomic E-state index is -4.83. The smallest absolute Gasteiger partial charge is 0.416 e. The predicted octanol–water partition coefficient (Wildman–Crippen LogP) is 20.9. The quantitative estimate of drug-likeness (QED) is 0.0390. The zero-order valence-electron chi connectivity index (χ0n) is 56.8. The molecule has 4 aliphatic heterocycles. The van der Waals surface area contributed by atoms with Crippen LogP contribution in [0.2, 0.25) is 25.1 Å². The number of nitrogens with zero attached hydrogens (tertiary/aromatic N) is 4. The molecular weight excluding hydrogens is 1530 g/mol. The molecule has 0 radical (unpaired) electrons. The van der Waals surface area contributed by atoms with Crippen LogP contribution in [0.25, 0.3) is 45.0 Å². The average Bonchev–Trinajstić information content (AvgIpc) is 1.56. The number of hydrogen-bond donors (Lipinski definition) is 8. The molecule has 8 N–H and O–H groups in total. The number of carbonyl (C=O) groups excluding carboxylic acids is 4. The summed E-state index contributed by atoms with van der Waals surface area (Å²) < 4.78 is 105. The lowest BCUT2D eigenvalue weighted by Gasteiger charge is -2.12.